The van der Waals surface area contributed by atoms with Crippen LogP contribution in [0.15, 0.2) is 46.9 Å². The fourth-order valence-corrected chi connectivity index (χ4v) is 2.86. The number of ether oxygens (including phenoxy) is 2. The Kier molecular flexibility index (Phi) is 7.63. The summed E-state index contributed by atoms with van der Waals surface area (Å²) < 4.78 is 11.3. The van der Waals surface area contributed by atoms with Crippen molar-refractivity contribution in [1.82, 2.24) is 5.32 Å². The van der Waals surface area contributed by atoms with E-state index >= 15 is 0 Å². The summed E-state index contributed by atoms with van der Waals surface area (Å²) in [7, 11) is 3.12. The van der Waals surface area contributed by atoms with Gasteiger partial charge in [0.15, 0.2) is 17.3 Å². The number of anilines is 1. The summed E-state index contributed by atoms with van der Waals surface area (Å²) >= 11 is 3.46. The normalized spacial score (nSPS) is 10.8. The highest BCUT2D eigenvalue weighted by Crippen LogP contribution is 2.33. The van der Waals surface area contributed by atoms with Crippen LogP contribution in [-0.2, 0) is 0 Å². The van der Waals surface area contributed by atoms with Gasteiger partial charge in [0.1, 0.15) is 0 Å². The van der Waals surface area contributed by atoms with Crippen molar-refractivity contribution < 1.29 is 19.1 Å². The molecule has 0 atom stereocenters. The monoisotopic (exact) mass is 446 g/mol. The van der Waals surface area contributed by atoms with Crippen LogP contribution in [0.3, 0.4) is 0 Å². The second-order valence-corrected chi connectivity index (χ2v) is 7.11. The molecule has 0 aliphatic rings. The average Bonchev–Trinajstić information content (AvgIpc) is 2.66. The topological polar surface area (TPSA) is 76.7 Å². The van der Waals surface area contributed by atoms with Crippen molar-refractivity contribution in [2.24, 2.45) is 0 Å². The van der Waals surface area contributed by atoms with E-state index in [0.29, 0.717) is 22.7 Å². The maximum atomic E-state index is 12.4. The number of ketones is 1. The summed E-state index contributed by atoms with van der Waals surface area (Å²) in [5, 5.41) is 5.45. The largest absolute Gasteiger partial charge is 0.493 e. The number of hydrogen-bond acceptors (Lipinski definition) is 4. The van der Waals surface area contributed by atoms with E-state index in [9.17, 15) is 9.59 Å². The molecule has 2 amide bonds. The second-order valence-electron chi connectivity index (χ2n) is 6.26. The molecule has 0 bridgehead atoms. The Hall–Kier alpha value is -2.80. The van der Waals surface area contributed by atoms with Crippen LogP contribution in [-0.4, -0.2) is 32.1 Å². The van der Waals surface area contributed by atoms with Gasteiger partial charge in [-0.3, -0.25) is 4.79 Å². The van der Waals surface area contributed by atoms with Crippen LogP contribution in [0.25, 0.3) is 6.08 Å². The van der Waals surface area contributed by atoms with E-state index in [2.05, 4.69) is 26.6 Å². The molecule has 6 nitrogen and oxygen atoms in total. The second kappa shape index (κ2) is 9.94. The minimum absolute atomic E-state index is 0.0434. The van der Waals surface area contributed by atoms with Crippen LogP contribution in [0.2, 0.25) is 0 Å². The summed E-state index contributed by atoms with van der Waals surface area (Å²) in [6.07, 6.45) is 3.19. The Morgan fingerprint density at radius 1 is 1.04 bits per heavy atom. The van der Waals surface area contributed by atoms with Crippen LogP contribution in [0, 0.1) is 0 Å². The number of methoxy groups -OCH3 is 2. The third-order valence-electron chi connectivity index (χ3n) is 3.76. The lowest BCUT2D eigenvalue weighted by Gasteiger charge is -2.10. The van der Waals surface area contributed by atoms with Gasteiger partial charge in [-0.15, -0.1) is 0 Å². The molecule has 0 heterocycles. The van der Waals surface area contributed by atoms with Gasteiger partial charge in [0.25, 0.3) is 0 Å². The van der Waals surface area contributed by atoms with Crippen LogP contribution in [0.5, 0.6) is 11.5 Å². The van der Waals surface area contributed by atoms with E-state index in [0.717, 1.165) is 10.0 Å². The third-order valence-corrected chi connectivity index (χ3v) is 4.45. The van der Waals surface area contributed by atoms with Crippen molar-refractivity contribution in [3.63, 3.8) is 0 Å². The van der Waals surface area contributed by atoms with Gasteiger partial charge in [-0.2, -0.15) is 0 Å². The fraction of sp³-hybridized carbons (Fsp3) is 0.238. The smallest absolute Gasteiger partial charge is 0.319 e. The van der Waals surface area contributed by atoms with Crippen molar-refractivity contribution >= 4 is 39.5 Å². The molecule has 0 unspecified atom stereocenters. The van der Waals surface area contributed by atoms with Crippen molar-refractivity contribution in [3.05, 3.63) is 58.1 Å². The first kappa shape index (κ1) is 21.5. The molecule has 0 radical (unpaired) electrons. The number of amides is 2. The zero-order chi connectivity index (χ0) is 20.7. The molecule has 148 valence electrons. The number of nitrogens with one attached hydrogen (secondary N) is 2. The lowest BCUT2D eigenvalue weighted by Crippen LogP contribution is -2.34. The van der Waals surface area contributed by atoms with E-state index in [1.54, 1.807) is 56.7 Å². The number of urea groups is 1. The molecule has 0 aromatic heterocycles. The minimum Gasteiger partial charge on any atom is -0.493 e. The van der Waals surface area contributed by atoms with Crippen LogP contribution in [0.4, 0.5) is 10.5 Å². The number of carbonyl (C=O) groups excluding carboxylic acids is 2. The SMILES string of the molecule is COc1cc(Br)c(/C=C/C(=O)c2ccc(NC(=O)NC(C)C)cc2)cc1OC. The molecule has 2 aromatic rings. The van der Waals surface area contributed by atoms with Gasteiger partial charge in [-0.1, -0.05) is 15.9 Å². The number of carbonyl (C=O) groups is 2. The molecule has 0 aliphatic carbocycles. The summed E-state index contributed by atoms with van der Waals surface area (Å²) in [5.41, 5.74) is 1.92. The molecule has 0 saturated carbocycles. The fourth-order valence-electron chi connectivity index (χ4n) is 2.41. The molecule has 28 heavy (non-hydrogen) atoms. The summed E-state index contributed by atoms with van der Waals surface area (Å²) in [5.74, 6) is 1.02. The first-order chi connectivity index (χ1) is 13.3. The van der Waals surface area contributed by atoms with E-state index < -0.39 is 0 Å². The Labute approximate surface area is 173 Å². The molecule has 0 saturated heterocycles. The van der Waals surface area contributed by atoms with Crippen molar-refractivity contribution in [2.75, 3.05) is 19.5 Å². The third kappa shape index (κ3) is 5.85. The Morgan fingerprint density at radius 3 is 2.21 bits per heavy atom. The van der Waals surface area contributed by atoms with Crippen molar-refractivity contribution in [1.29, 1.82) is 0 Å². The lowest BCUT2D eigenvalue weighted by molar-refractivity contribution is 0.104. The van der Waals surface area contributed by atoms with Gasteiger partial charge in [-0.05, 0) is 68.0 Å². The van der Waals surface area contributed by atoms with Crippen LogP contribution < -0.4 is 20.1 Å². The molecular formula is C21H23BrN2O4. The van der Waals surface area contributed by atoms with Gasteiger partial charge in [0.05, 0.1) is 14.2 Å². The Bertz CT molecular complexity index is 877. The Balaban J connectivity index is 2.09. The molecule has 0 aliphatic heterocycles. The summed E-state index contributed by atoms with van der Waals surface area (Å²) in [6.45, 7) is 3.76. The Morgan fingerprint density at radius 2 is 1.64 bits per heavy atom. The molecule has 0 spiro atoms. The van der Waals surface area contributed by atoms with Gasteiger partial charge >= 0.3 is 6.03 Å². The highest BCUT2D eigenvalue weighted by molar-refractivity contribution is 9.10. The molecule has 2 rings (SSSR count). The number of benzene rings is 2. The highest BCUT2D eigenvalue weighted by atomic mass is 79.9. The molecular weight excluding hydrogens is 424 g/mol. The minimum atomic E-state index is -0.285. The van der Waals surface area contributed by atoms with E-state index in [4.69, 9.17) is 9.47 Å². The van der Waals surface area contributed by atoms with Crippen LogP contribution >= 0.6 is 15.9 Å². The van der Waals surface area contributed by atoms with Gasteiger partial charge < -0.3 is 20.1 Å². The van der Waals surface area contributed by atoms with Gasteiger partial charge in [0, 0.05) is 21.8 Å². The molecule has 2 N–H and O–H groups in total. The molecule has 2 aromatic carbocycles. The summed E-state index contributed by atoms with van der Waals surface area (Å²) in [4.78, 5) is 24.1. The lowest BCUT2D eigenvalue weighted by atomic mass is 10.1. The first-order valence-corrected chi connectivity index (χ1v) is 9.45. The van der Waals surface area contributed by atoms with Crippen molar-refractivity contribution in [3.8, 4) is 11.5 Å². The zero-order valence-electron chi connectivity index (χ0n) is 16.2. The molecule has 7 heteroatoms. The predicted molar refractivity (Wildman–Crippen MR) is 114 cm³/mol. The van der Waals surface area contributed by atoms with E-state index in [-0.39, 0.29) is 17.9 Å². The average molecular weight is 447 g/mol. The molecule has 0 fully saturated rings. The number of rotatable bonds is 7. The number of halogens is 1. The maximum absolute atomic E-state index is 12.4. The quantitative estimate of drug-likeness (QED) is 0.468. The zero-order valence-corrected chi connectivity index (χ0v) is 17.8. The number of hydrogen-bond donors (Lipinski definition) is 2. The highest BCUT2D eigenvalue weighted by Gasteiger charge is 2.09. The van der Waals surface area contributed by atoms with Gasteiger partial charge in [0.2, 0.25) is 0 Å². The van der Waals surface area contributed by atoms with Crippen LogP contribution in [0.1, 0.15) is 29.8 Å². The number of allylic oxidation sites excluding steroid dienone is 1. The van der Waals surface area contributed by atoms with Crippen molar-refractivity contribution in [2.45, 2.75) is 19.9 Å². The summed E-state index contributed by atoms with van der Waals surface area (Å²) in [6, 6.07) is 10.0. The standard InChI is InChI=1S/C21H23BrN2O4/c1-13(2)23-21(26)24-16-8-5-14(6-9-16)18(25)10-7-15-11-19(27-3)20(28-4)12-17(15)22/h5-13H,1-4H3,(H2,23,24,26)/b10-7+. The predicted octanol–water partition coefficient (Wildman–Crippen LogP) is 4.89. The maximum Gasteiger partial charge on any atom is 0.319 e. The van der Waals surface area contributed by atoms with Gasteiger partial charge in [-0.25, -0.2) is 4.79 Å². The van der Waals surface area contributed by atoms with E-state index in [1.165, 1.54) is 6.08 Å². The van der Waals surface area contributed by atoms with E-state index in [1.807, 2.05) is 13.8 Å². The first-order valence-electron chi connectivity index (χ1n) is 8.65.